The van der Waals surface area contributed by atoms with Gasteiger partial charge in [-0.2, -0.15) is 11.3 Å². The molecule has 4 aromatic rings. The Morgan fingerprint density at radius 1 is 1.20 bits per heavy atom. The van der Waals surface area contributed by atoms with E-state index in [0.29, 0.717) is 12.1 Å². The molecular weight excluding hydrogens is 394 g/mol. The highest BCUT2D eigenvalue weighted by Crippen LogP contribution is 2.24. The Kier molecular flexibility index (Phi) is 5.50. The molecule has 0 spiro atoms. The number of nitrogens with zero attached hydrogens (tertiary/aromatic N) is 3. The molecule has 0 aliphatic carbocycles. The lowest BCUT2D eigenvalue weighted by molar-refractivity contribution is 0.0951. The van der Waals surface area contributed by atoms with E-state index in [-0.39, 0.29) is 5.91 Å². The van der Waals surface area contributed by atoms with Crippen molar-refractivity contribution in [1.82, 2.24) is 19.9 Å². The van der Waals surface area contributed by atoms with Gasteiger partial charge in [-0.3, -0.25) is 4.79 Å². The topological polar surface area (TPSA) is 71.8 Å². The Morgan fingerprint density at radius 2 is 2.03 bits per heavy atom. The fourth-order valence-corrected chi connectivity index (χ4v) is 3.87. The van der Waals surface area contributed by atoms with E-state index >= 15 is 0 Å². The lowest BCUT2D eigenvalue weighted by Crippen LogP contribution is -2.22. The predicted molar refractivity (Wildman–Crippen MR) is 121 cm³/mol. The molecule has 6 nitrogen and oxygen atoms in total. The molecule has 7 heteroatoms. The lowest BCUT2D eigenvalue weighted by atomic mass is 10.0. The number of benzene rings is 1. The number of fused-ring (bicyclic) bond motifs is 1. The second-order valence-corrected chi connectivity index (χ2v) is 7.70. The van der Waals surface area contributed by atoms with Gasteiger partial charge in [0.15, 0.2) is 0 Å². The summed E-state index contributed by atoms with van der Waals surface area (Å²) < 4.78 is 1.93. The highest BCUT2D eigenvalue weighted by atomic mass is 32.1. The SMILES string of the molecule is CNc1ncnc2c1c(C#Cc1cc(C(=O)NCc3ccsc3)ccc1C)cn2C. The Morgan fingerprint density at radius 3 is 2.80 bits per heavy atom. The van der Waals surface area contributed by atoms with Crippen molar-refractivity contribution >= 4 is 34.1 Å². The fourth-order valence-electron chi connectivity index (χ4n) is 3.21. The van der Waals surface area contributed by atoms with Crippen molar-refractivity contribution in [1.29, 1.82) is 0 Å². The zero-order valence-corrected chi connectivity index (χ0v) is 17.8. The zero-order valence-electron chi connectivity index (χ0n) is 17.0. The molecule has 0 aliphatic heterocycles. The molecule has 0 saturated carbocycles. The van der Waals surface area contributed by atoms with Crippen molar-refractivity contribution in [2.75, 3.05) is 12.4 Å². The van der Waals surface area contributed by atoms with E-state index in [0.717, 1.165) is 39.1 Å². The normalized spacial score (nSPS) is 10.5. The van der Waals surface area contributed by atoms with E-state index in [1.165, 1.54) is 6.33 Å². The third kappa shape index (κ3) is 3.91. The van der Waals surface area contributed by atoms with E-state index in [1.54, 1.807) is 11.3 Å². The minimum atomic E-state index is -0.111. The van der Waals surface area contributed by atoms with Crippen molar-refractivity contribution < 1.29 is 4.79 Å². The van der Waals surface area contributed by atoms with Crippen molar-refractivity contribution in [3.05, 3.63) is 75.4 Å². The first-order valence-corrected chi connectivity index (χ1v) is 10.4. The molecule has 1 amide bonds. The number of nitrogens with one attached hydrogen (secondary N) is 2. The van der Waals surface area contributed by atoms with Crippen LogP contribution >= 0.6 is 11.3 Å². The van der Waals surface area contributed by atoms with Gasteiger partial charge in [-0.05, 0) is 47.0 Å². The van der Waals surface area contributed by atoms with Crippen LogP contribution in [-0.2, 0) is 13.6 Å². The molecule has 0 bridgehead atoms. The maximum absolute atomic E-state index is 12.6. The Bertz CT molecular complexity index is 1280. The van der Waals surface area contributed by atoms with E-state index < -0.39 is 0 Å². The van der Waals surface area contributed by atoms with E-state index in [4.69, 9.17) is 0 Å². The quantitative estimate of drug-likeness (QED) is 0.499. The summed E-state index contributed by atoms with van der Waals surface area (Å²) in [6.07, 6.45) is 3.48. The van der Waals surface area contributed by atoms with Crippen LogP contribution in [0.25, 0.3) is 11.0 Å². The van der Waals surface area contributed by atoms with Gasteiger partial charge in [0.05, 0.1) is 10.9 Å². The van der Waals surface area contributed by atoms with Crippen LogP contribution in [0.2, 0.25) is 0 Å². The summed E-state index contributed by atoms with van der Waals surface area (Å²) in [5, 5.41) is 11.0. The number of anilines is 1. The summed E-state index contributed by atoms with van der Waals surface area (Å²) >= 11 is 1.62. The molecule has 0 radical (unpaired) electrons. The largest absolute Gasteiger partial charge is 0.372 e. The van der Waals surface area contributed by atoms with Gasteiger partial charge >= 0.3 is 0 Å². The van der Waals surface area contributed by atoms with Gasteiger partial charge in [0, 0.05) is 38.0 Å². The summed E-state index contributed by atoms with van der Waals surface area (Å²) in [7, 11) is 3.76. The zero-order chi connectivity index (χ0) is 21.1. The summed E-state index contributed by atoms with van der Waals surface area (Å²) in [6.45, 7) is 2.50. The summed E-state index contributed by atoms with van der Waals surface area (Å²) in [5.41, 5.74) is 5.18. The molecule has 4 rings (SSSR count). The number of hydrogen-bond acceptors (Lipinski definition) is 5. The number of aromatic nitrogens is 3. The van der Waals surface area contributed by atoms with E-state index in [1.807, 2.05) is 66.8 Å². The van der Waals surface area contributed by atoms with E-state index in [2.05, 4.69) is 32.4 Å². The number of carbonyl (C=O) groups is 1. The third-order valence-electron chi connectivity index (χ3n) is 4.86. The van der Waals surface area contributed by atoms with Crippen molar-refractivity contribution in [2.45, 2.75) is 13.5 Å². The first-order chi connectivity index (χ1) is 14.6. The van der Waals surface area contributed by atoms with Gasteiger partial charge in [0.2, 0.25) is 0 Å². The maximum atomic E-state index is 12.6. The van der Waals surface area contributed by atoms with Gasteiger partial charge in [-0.15, -0.1) is 0 Å². The average molecular weight is 416 g/mol. The number of rotatable bonds is 4. The van der Waals surface area contributed by atoms with Gasteiger partial charge in [-0.1, -0.05) is 17.9 Å². The van der Waals surface area contributed by atoms with Crippen LogP contribution in [0.1, 0.15) is 32.6 Å². The van der Waals surface area contributed by atoms with Crippen LogP contribution in [0.15, 0.2) is 47.5 Å². The monoisotopic (exact) mass is 415 g/mol. The Labute approximate surface area is 179 Å². The second kappa shape index (κ2) is 8.39. The molecule has 0 fully saturated rings. The number of aryl methyl sites for hydroxylation is 2. The first kappa shape index (κ1) is 19.7. The highest BCUT2D eigenvalue weighted by Gasteiger charge is 2.12. The van der Waals surface area contributed by atoms with Crippen LogP contribution < -0.4 is 10.6 Å². The van der Waals surface area contributed by atoms with Crippen LogP contribution in [0.3, 0.4) is 0 Å². The number of amides is 1. The molecule has 2 N–H and O–H groups in total. The summed E-state index contributed by atoms with van der Waals surface area (Å²) in [6, 6.07) is 7.60. The van der Waals surface area contributed by atoms with Gasteiger partial charge < -0.3 is 15.2 Å². The fraction of sp³-hybridized carbons (Fsp3) is 0.174. The van der Waals surface area contributed by atoms with Crippen LogP contribution in [0, 0.1) is 18.8 Å². The highest BCUT2D eigenvalue weighted by molar-refractivity contribution is 7.07. The standard InChI is InChI=1S/C23H21N5OS/c1-15-4-5-18(23(29)25-11-16-8-9-30-13-16)10-17(15)6-7-19-12-28(3)22-20(19)21(24-2)26-14-27-22/h4-5,8-10,12-14H,11H2,1-3H3,(H,25,29)(H,24,26,27). The molecule has 30 heavy (non-hydrogen) atoms. The van der Waals surface area contributed by atoms with Crippen LogP contribution in [-0.4, -0.2) is 27.5 Å². The van der Waals surface area contributed by atoms with Crippen LogP contribution in [0.5, 0.6) is 0 Å². The molecule has 0 atom stereocenters. The molecule has 1 aromatic carbocycles. The number of thiophene rings is 1. The van der Waals surface area contributed by atoms with Crippen LogP contribution in [0.4, 0.5) is 5.82 Å². The minimum absolute atomic E-state index is 0.111. The number of hydrogen-bond donors (Lipinski definition) is 2. The Balaban J connectivity index is 1.63. The van der Waals surface area contributed by atoms with Crippen molar-refractivity contribution in [3.8, 4) is 11.8 Å². The molecule has 150 valence electrons. The summed E-state index contributed by atoms with van der Waals surface area (Å²) in [5.74, 6) is 7.09. The Hall–Kier alpha value is -3.63. The predicted octanol–water partition coefficient (Wildman–Crippen LogP) is 3.71. The smallest absolute Gasteiger partial charge is 0.251 e. The van der Waals surface area contributed by atoms with Crippen molar-refractivity contribution in [2.24, 2.45) is 7.05 Å². The molecule has 3 heterocycles. The lowest BCUT2D eigenvalue weighted by Gasteiger charge is -2.06. The molecule has 0 unspecified atom stereocenters. The third-order valence-corrected chi connectivity index (χ3v) is 5.59. The molecule has 3 aromatic heterocycles. The maximum Gasteiger partial charge on any atom is 0.251 e. The second-order valence-electron chi connectivity index (χ2n) is 6.92. The average Bonchev–Trinajstić information content (AvgIpc) is 3.39. The van der Waals surface area contributed by atoms with Gasteiger partial charge in [0.25, 0.3) is 5.91 Å². The molecule has 0 saturated heterocycles. The molecule has 0 aliphatic rings. The van der Waals surface area contributed by atoms with Gasteiger partial charge in [-0.25, -0.2) is 9.97 Å². The molecular formula is C23H21N5OS. The van der Waals surface area contributed by atoms with Crippen molar-refractivity contribution in [3.63, 3.8) is 0 Å². The van der Waals surface area contributed by atoms with Gasteiger partial charge in [0.1, 0.15) is 17.8 Å². The number of carbonyl (C=O) groups excluding carboxylic acids is 1. The minimum Gasteiger partial charge on any atom is -0.372 e. The van der Waals surface area contributed by atoms with E-state index in [9.17, 15) is 4.79 Å². The summed E-state index contributed by atoms with van der Waals surface area (Å²) in [4.78, 5) is 21.2. The first-order valence-electron chi connectivity index (χ1n) is 9.46.